The second kappa shape index (κ2) is 9.36. The Bertz CT molecular complexity index is 956. The first-order chi connectivity index (χ1) is 15.0. The SMILES string of the molecule is Cc1ccccc1NC(=O)C(=O)NC[C@H](c1ccc2c(c1)OCO2)[NH+]1CC[NH+](C)CC1. The summed E-state index contributed by atoms with van der Waals surface area (Å²) in [6.07, 6.45) is 0. The average molecular weight is 427 g/mol. The summed E-state index contributed by atoms with van der Waals surface area (Å²) in [5.41, 5.74) is 2.62. The second-order valence-electron chi connectivity index (χ2n) is 8.26. The summed E-state index contributed by atoms with van der Waals surface area (Å²) in [6, 6.07) is 13.3. The Balaban J connectivity index is 1.45. The van der Waals surface area contributed by atoms with E-state index < -0.39 is 11.8 Å². The summed E-state index contributed by atoms with van der Waals surface area (Å²) in [6.45, 7) is 6.61. The van der Waals surface area contributed by atoms with Gasteiger partial charge in [-0.3, -0.25) is 9.59 Å². The highest BCUT2D eigenvalue weighted by atomic mass is 16.7. The maximum absolute atomic E-state index is 12.5. The van der Waals surface area contributed by atoms with E-state index in [1.807, 2.05) is 43.3 Å². The van der Waals surface area contributed by atoms with Crippen molar-refractivity contribution in [2.75, 3.05) is 51.9 Å². The molecule has 0 spiro atoms. The average Bonchev–Trinajstić information content (AvgIpc) is 3.24. The fraction of sp³-hybridized carbons (Fsp3) is 0.391. The molecule has 4 rings (SSSR count). The molecule has 0 radical (unpaired) electrons. The lowest BCUT2D eigenvalue weighted by Crippen LogP contribution is -3.27. The number of likely N-dealkylation sites (N-methyl/N-ethyl adjacent to an activating group) is 1. The zero-order chi connectivity index (χ0) is 21.8. The molecule has 164 valence electrons. The van der Waals surface area contributed by atoms with Crippen LogP contribution in [0.2, 0.25) is 0 Å². The Labute approximate surface area is 182 Å². The highest BCUT2D eigenvalue weighted by Crippen LogP contribution is 2.33. The number of rotatable bonds is 5. The van der Waals surface area contributed by atoms with Crippen molar-refractivity contribution in [2.24, 2.45) is 0 Å². The number of fused-ring (bicyclic) bond motifs is 1. The third-order valence-corrected chi connectivity index (χ3v) is 6.10. The predicted octanol–water partition coefficient (Wildman–Crippen LogP) is -1.07. The minimum absolute atomic E-state index is 0.0258. The lowest BCUT2D eigenvalue weighted by Gasteiger charge is -2.33. The van der Waals surface area contributed by atoms with Crippen molar-refractivity contribution in [3.63, 3.8) is 0 Å². The molecule has 2 aliphatic heterocycles. The highest BCUT2D eigenvalue weighted by Gasteiger charge is 2.31. The van der Waals surface area contributed by atoms with Gasteiger partial charge in [0.05, 0.1) is 13.6 Å². The molecule has 1 atom stereocenters. The zero-order valence-electron chi connectivity index (χ0n) is 18.0. The number of carbonyl (C=O) groups is 2. The maximum Gasteiger partial charge on any atom is 0.313 e. The van der Waals surface area contributed by atoms with Gasteiger partial charge in [-0.05, 0) is 36.8 Å². The summed E-state index contributed by atoms with van der Waals surface area (Å²) in [5.74, 6) is 0.178. The van der Waals surface area contributed by atoms with Gasteiger partial charge in [0.2, 0.25) is 6.79 Å². The Morgan fingerprint density at radius 1 is 1.00 bits per heavy atom. The standard InChI is InChI=1S/C23H28N4O4/c1-16-5-3-4-6-18(16)25-23(29)22(28)24-14-19(27-11-9-26(2)10-12-27)17-7-8-20-21(13-17)31-15-30-20/h3-8,13,19H,9-12,14-15H2,1-2H3,(H,24,28)(H,25,29)/p+2/t19-/m1/s1. The number of hydrogen-bond donors (Lipinski definition) is 4. The number of hydrogen-bond acceptors (Lipinski definition) is 4. The number of amides is 2. The van der Waals surface area contributed by atoms with Crippen LogP contribution in [0.25, 0.3) is 0 Å². The molecular weight excluding hydrogens is 396 g/mol. The molecule has 1 fully saturated rings. The number of quaternary nitrogens is 2. The molecule has 4 N–H and O–H groups in total. The lowest BCUT2D eigenvalue weighted by molar-refractivity contribution is -1.02. The number of benzene rings is 2. The zero-order valence-corrected chi connectivity index (χ0v) is 18.0. The molecule has 2 aromatic carbocycles. The molecule has 0 bridgehead atoms. The Morgan fingerprint density at radius 3 is 2.52 bits per heavy atom. The van der Waals surface area contributed by atoms with Gasteiger partial charge in [-0.1, -0.05) is 18.2 Å². The van der Waals surface area contributed by atoms with Gasteiger partial charge in [-0.15, -0.1) is 0 Å². The normalized spacial score (nSPS) is 20.7. The van der Waals surface area contributed by atoms with Gasteiger partial charge in [0, 0.05) is 11.3 Å². The Hall–Kier alpha value is -3.10. The molecule has 2 aromatic rings. The molecule has 8 nitrogen and oxygen atoms in total. The summed E-state index contributed by atoms with van der Waals surface area (Å²) in [7, 11) is 2.20. The van der Waals surface area contributed by atoms with Crippen molar-refractivity contribution < 1.29 is 28.9 Å². The minimum Gasteiger partial charge on any atom is -0.454 e. The first-order valence-electron chi connectivity index (χ1n) is 10.7. The van der Waals surface area contributed by atoms with Gasteiger partial charge in [0.25, 0.3) is 0 Å². The number of ether oxygens (including phenoxy) is 2. The molecule has 2 aliphatic rings. The van der Waals surface area contributed by atoms with Gasteiger partial charge >= 0.3 is 11.8 Å². The quantitative estimate of drug-likeness (QED) is 0.459. The number of para-hydroxylation sites is 1. The lowest BCUT2D eigenvalue weighted by atomic mass is 10.0. The van der Waals surface area contributed by atoms with Crippen LogP contribution in [-0.4, -0.2) is 58.4 Å². The van der Waals surface area contributed by atoms with Crippen LogP contribution in [0.1, 0.15) is 17.2 Å². The molecule has 2 amide bonds. The topological polar surface area (TPSA) is 85.5 Å². The molecule has 1 saturated heterocycles. The van der Waals surface area contributed by atoms with E-state index in [1.54, 1.807) is 6.07 Å². The van der Waals surface area contributed by atoms with Crippen molar-refractivity contribution in [3.8, 4) is 11.5 Å². The van der Waals surface area contributed by atoms with E-state index in [0.29, 0.717) is 12.2 Å². The van der Waals surface area contributed by atoms with Crippen molar-refractivity contribution >= 4 is 17.5 Å². The molecule has 0 saturated carbocycles. The van der Waals surface area contributed by atoms with Crippen LogP contribution in [0.4, 0.5) is 5.69 Å². The third kappa shape index (κ3) is 4.98. The van der Waals surface area contributed by atoms with Crippen LogP contribution in [0.5, 0.6) is 11.5 Å². The molecular formula is C23H30N4O4+2. The Morgan fingerprint density at radius 2 is 1.74 bits per heavy atom. The number of nitrogens with one attached hydrogen (secondary N) is 4. The van der Waals surface area contributed by atoms with Crippen molar-refractivity contribution in [1.82, 2.24) is 5.32 Å². The van der Waals surface area contributed by atoms with Crippen LogP contribution in [-0.2, 0) is 9.59 Å². The number of aryl methyl sites for hydroxylation is 1. The highest BCUT2D eigenvalue weighted by molar-refractivity contribution is 6.39. The molecule has 31 heavy (non-hydrogen) atoms. The van der Waals surface area contributed by atoms with Gasteiger partial charge < -0.3 is 29.9 Å². The van der Waals surface area contributed by atoms with Crippen LogP contribution >= 0.6 is 0 Å². The summed E-state index contributed by atoms with van der Waals surface area (Å²) >= 11 is 0. The van der Waals surface area contributed by atoms with Crippen LogP contribution < -0.4 is 29.9 Å². The fourth-order valence-electron chi connectivity index (χ4n) is 4.14. The smallest absolute Gasteiger partial charge is 0.313 e. The number of carbonyl (C=O) groups excluding carboxylic acids is 2. The van der Waals surface area contributed by atoms with Gasteiger partial charge in [0.15, 0.2) is 11.5 Å². The van der Waals surface area contributed by atoms with Crippen molar-refractivity contribution in [1.29, 1.82) is 0 Å². The second-order valence-corrected chi connectivity index (χ2v) is 8.26. The van der Waals surface area contributed by atoms with Gasteiger partial charge in [0.1, 0.15) is 32.2 Å². The number of piperazine rings is 1. The molecule has 0 aromatic heterocycles. The molecule has 0 aliphatic carbocycles. The first kappa shape index (κ1) is 21.1. The van der Waals surface area contributed by atoms with Gasteiger partial charge in [-0.25, -0.2) is 0 Å². The van der Waals surface area contributed by atoms with E-state index in [2.05, 4.69) is 17.7 Å². The largest absolute Gasteiger partial charge is 0.454 e. The van der Waals surface area contributed by atoms with Crippen molar-refractivity contribution in [2.45, 2.75) is 13.0 Å². The molecule has 2 heterocycles. The van der Waals surface area contributed by atoms with E-state index in [4.69, 9.17) is 9.47 Å². The van der Waals surface area contributed by atoms with E-state index in [9.17, 15) is 9.59 Å². The predicted molar refractivity (Wildman–Crippen MR) is 115 cm³/mol. The van der Waals surface area contributed by atoms with E-state index in [0.717, 1.165) is 48.8 Å². The minimum atomic E-state index is -0.656. The monoisotopic (exact) mass is 426 g/mol. The van der Waals surface area contributed by atoms with Crippen LogP contribution in [0.15, 0.2) is 42.5 Å². The Kier molecular flexibility index (Phi) is 6.39. The molecule has 0 unspecified atom stereocenters. The number of anilines is 1. The summed E-state index contributed by atoms with van der Waals surface area (Å²) < 4.78 is 11.0. The fourth-order valence-corrected chi connectivity index (χ4v) is 4.14. The van der Waals surface area contributed by atoms with Crippen LogP contribution in [0, 0.1) is 6.92 Å². The third-order valence-electron chi connectivity index (χ3n) is 6.10. The van der Waals surface area contributed by atoms with Crippen molar-refractivity contribution in [3.05, 3.63) is 53.6 Å². The van der Waals surface area contributed by atoms with E-state index in [-0.39, 0.29) is 12.8 Å². The van der Waals surface area contributed by atoms with Crippen LogP contribution in [0.3, 0.4) is 0 Å². The van der Waals surface area contributed by atoms with E-state index >= 15 is 0 Å². The first-order valence-corrected chi connectivity index (χ1v) is 10.7. The van der Waals surface area contributed by atoms with Gasteiger partial charge in [-0.2, -0.15) is 0 Å². The summed E-state index contributed by atoms with van der Waals surface area (Å²) in [5, 5.41) is 5.54. The summed E-state index contributed by atoms with van der Waals surface area (Å²) in [4.78, 5) is 27.9. The maximum atomic E-state index is 12.5. The van der Waals surface area contributed by atoms with E-state index in [1.165, 1.54) is 9.80 Å². The molecule has 8 heteroatoms.